The molecule has 0 bridgehead atoms. The van der Waals surface area contributed by atoms with Crippen LogP contribution in [-0.4, -0.2) is 27.7 Å². The average molecular weight is 363 g/mol. The molecule has 0 amide bonds. The summed E-state index contributed by atoms with van der Waals surface area (Å²) in [5.74, 6) is 0.739. The Morgan fingerprint density at radius 2 is 1.85 bits per heavy atom. The van der Waals surface area contributed by atoms with Crippen LogP contribution in [0.4, 0.5) is 5.69 Å². The molecule has 0 saturated carbocycles. The number of nitrogens with zero attached hydrogens (tertiary/aromatic N) is 4. The first kappa shape index (κ1) is 18.0. The van der Waals surface area contributed by atoms with Crippen LogP contribution in [0.1, 0.15) is 49.7 Å². The minimum Gasteiger partial charge on any atom is -0.368 e. The Kier molecular flexibility index (Phi) is 4.67. The van der Waals surface area contributed by atoms with Crippen molar-refractivity contribution in [3.63, 3.8) is 0 Å². The van der Waals surface area contributed by atoms with Gasteiger partial charge in [-0.25, -0.2) is 9.50 Å². The van der Waals surface area contributed by atoms with Gasteiger partial charge in [-0.3, -0.25) is 0 Å². The molecule has 1 atom stereocenters. The molecule has 2 aromatic heterocycles. The summed E-state index contributed by atoms with van der Waals surface area (Å²) in [6.07, 6.45) is 3.37. The van der Waals surface area contributed by atoms with E-state index in [4.69, 9.17) is 10.1 Å². The summed E-state index contributed by atoms with van der Waals surface area (Å²) in [5, 5.41) is 4.85. The van der Waals surface area contributed by atoms with E-state index in [0.717, 1.165) is 54.6 Å². The Labute approximate surface area is 162 Å². The second kappa shape index (κ2) is 6.99. The molecule has 0 N–H and O–H groups in total. The van der Waals surface area contributed by atoms with Crippen molar-refractivity contribution in [3.05, 3.63) is 46.8 Å². The van der Waals surface area contributed by atoms with E-state index in [1.54, 1.807) is 0 Å². The zero-order valence-corrected chi connectivity index (χ0v) is 17.2. The zero-order valence-electron chi connectivity index (χ0n) is 17.2. The minimum absolute atomic E-state index is 0.739. The van der Waals surface area contributed by atoms with E-state index in [9.17, 15) is 0 Å². The Hall–Kier alpha value is -2.36. The van der Waals surface area contributed by atoms with Crippen LogP contribution in [0.15, 0.2) is 24.3 Å². The number of hydrogen-bond donors (Lipinski definition) is 0. The van der Waals surface area contributed by atoms with Crippen LogP contribution in [-0.2, 0) is 12.8 Å². The fourth-order valence-corrected chi connectivity index (χ4v) is 4.40. The molecule has 1 unspecified atom stereocenters. The van der Waals surface area contributed by atoms with Crippen molar-refractivity contribution in [2.75, 3.05) is 18.0 Å². The van der Waals surface area contributed by atoms with Crippen molar-refractivity contribution < 1.29 is 0 Å². The topological polar surface area (TPSA) is 33.4 Å². The van der Waals surface area contributed by atoms with E-state index >= 15 is 0 Å². The molecule has 4 rings (SSSR count). The first-order valence-corrected chi connectivity index (χ1v) is 10.3. The van der Waals surface area contributed by atoms with Crippen LogP contribution in [0.25, 0.3) is 16.9 Å². The quantitative estimate of drug-likeness (QED) is 0.656. The fraction of sp³-hybridized carbons (Fsp3) is 0.478. The molecule has 1 saturated heterocycles. The van der Waals surface area contributed by atoms with Crippen LogP contribution in [0.2, 0.25) is 0 Å². The summed E-state index contributed by atoms with van der Waals surface area (Å²) < 4.78 is 2.07. The predicted molar refractivity (Wildman–Crippen MR) is 113 cm³/mol. The molecular weight excluding hydrogens is 332 g/mol. The standard InChI is InChI=1S/C23H30N4/c1-6-18-8-9-20(13-19(18)7-2)22-17(5)24-23-21(12-16(4)25-27(22)23)26-11-10-15(3)14-26/h8-9,12-13,15H,6-7,10-11,14H2,1-5H3. The molecule has 0 radical (unpaired) electrons. The summed E-state index contributed by atoms with van der Waals surface area (Å²) >= 11 is 0. The molecule has 0 spiro atoms. The van der Waals surface area contributed by atoms with Gasteiger partial charge in [-0.2, -0.15) is 5.10 Å². The van der Waals surface area contributed by atoms with Crippen molar-refractivity contribution in [2.24, 2.45) is 5.92 Å². The third-order valence-electron chi connectivity index (χ3n) is 5.87. The molecular formula is C23H30N4. The Bertz CT molecular complexity index is 986. The van der Waals surface area contributed by atoms with Gasteiger partial charge in [0, 0.05) is 18.7 Å². The van der Waals surface area contributed by atoms with Crippen molar-refractivity contribution in [1.29, 1.82) is 0 Å². The van der Waals surface area contributed by atoms with Crippen LogP contribution in [0, 0.1) is 19.8 Å². The summed E-state index contributed by atoms with van der Waals surface area (Å²) in [5.41, 5.74) is 9.49. The average Bonchev–Trinajstić information content (AvgIpc) is 3.23. The number of benzene rings is 1. The second-order valence-corrected chi connectivity index (χ2v) is 7.98. The van der Waals surface area contributed by atoms with E-state index in [0.29, 0.717) is 0 Å². The van der Waals surface area contributed by atoms with E-state index < -0.39 is 0 Å². The highest BCUT2D eigenvalue weighted by Crippen LogP contribution is 2.33. The molecule has 142 valence electrons. The number of hydrogen-bond acceptors (Lipinski definition) is 3. The van der Waals surface area contributed by atoms with Crippen molar-refractivity contribution in [1.82, 2.24) is 14.6 Å². The maximum absolute atomic E-state index is 4.96. The molecule has 4 nitrogen and oxygen atoms in total. The van der Waals surface area contributed by atoms with E-state index in [2.05, 4.69) is 68.3 Å². The van der Waals surface area contributed by atoms with Gasteiger partial charge in [0.15, 0.2) is 5.65 Å². The van der Waals surface area contributed by atoms with Crippen LogP contribution >= 0.6 is 0 Å². The van der Waals surface area contributed by atoms with Gasteiger partial charge >= 0.3 is 0 Å². The molecule has 1 aliphatic heterocycles. The van der Waals surface area contributed by atoms with Gasteiger partial charge in [-0.1, -0.05) is 32.9 Å². The highest BCUT2D eigenvalue weighted by atomic mass is 15.3. The fourth-order valence-electron chi connectivity index (χ4n) is 4.40. The second-order valence-electron chi connectivity index (χ2n) is 7.98. The van der Waals surface area contributed by atoms with Gasteiger partial charge in [0.1, 0.15) is 0 Å². The van der Waals surface area contributed by atoms with Gasteiger partial charge < -0.3 is 4.90 Å². The Morgan fingerprint density at radius 3 is 2.52 bits per heavy atom. The van der Waals surface area contributed by atoms with Gasteiger partial charge in [-0.15, -0.1) is 0 Å². The molecule has 1 aromatic carbocycles. The summed E-state index contributed by atoms with van der Waals surface area (Å²) in [6, 6.07) is 9.03. The Balaban J connectivity index is 1.90. The number of anilines is 1. The van der Waals surface area contributed by atoms with Gasteiger partial charge in [0.2, 0.25) is 0 Å². The lowest BCUT2D eigenvalue weighted by molar-refractivity contribution is 0.659. The normalized spacial score (nSPS) is 17.2. The number of aromatic nitrogens is 3. The monoisotopic (exact) mass is 362 g/mol. The van der Waals surface area contributed by atoms with E-state index in [1.165, 1.54) is 28.8 Å². The van der Waals surface area contributed by atoms with Gasteiger partial charge in [-0.05, 0) is 62.3 Å². The molecule has 3 aromatic rings. The van der Waals surface area contributed by atoms with Crippen LogP contribution < -0.4 is 4.90 Å². The Morgan fingerprint density at radius 1 is 1.07 bits per heavy atom. The number of fused-ring (bicyclic) bond motifs is 1. The van der Waals surface area contributed by atoms with Gasteiger partial charge in [0.05, 0.1) is 22.8 Å². The zero-order chi connectivity index (χ0) is 19.1. The minimum atomic E-state index is 0.739. The lowest BCUT2D eigenvalue weighted by Gasteiger charge is -2.19. The molecule has 1 aliphatic rings. The first-order chi connectivity index (χ1) is 13.0. The maximum atomic E-state index is 4.96. The number of aryl methyl sites for hydroxylation is 4. The summed E-state index contributed by atoms with van der Waals surface area (Å²) in [6.45, 7) is 13.2. The molecule has 3 heterocycles. The molecule has 27 heavy (non-hydrogen) atoms. The first-order valence-electron chi connectivity index (χ1n) is 10.3. The van der Waals surface area contributed by atoms with Crippen molar-refractivity contribution in [3.8, 4) is 11.3 Å². The molecule has 0 aliphatic carbocycles. The lowest BCUT2D eigenvalue weighted by atomic mass is 9.98. The third kappa shape index (κ3) is 3.11. The predicted octanol–water partition coefficient (Wildman–Crippen LogP) is 4.98. The SMILES string of the molecule is CCc1ccc(-c2c(C)nc3c(N4CCC(C)C4)cc(C)nn23)cc1CC. The molecule has 4 heteroatoms. The van der Waals surface area contributed by atoms with Crippen LogP contribution in [0.3, 0.4) is 0 Å². The van der Waals surface area contributed by atoms with Crippen molar-refractivity contribution in [2.45, 2.75) is 53.9 Å². The van der Waals surface area contributed by atoms with Crippen molar-refractivity contribution >= 4 is 11.3 Å². The number of imidazole rings is 1. The highest BCUT2D eigenvalue weighted by molar-refractivity contribution is 5.76. The van der Waals surface area contributed by atoms with Crippen LogP contribution in [0.5, 0.6) is 0 Å². The largest absolute Gasteiger partial charge is 0.368 e. The van der Waals surface area contributed by atoms with E-state index in [1.807, 2.05) is 0 Å². The maximum Gasteiger partial charge on any atom is 0.178 e. The smallest absolute Gasteiger partial charge is 0.178 e. The highest BCUT2D eigenvalue weighted by Gasteiger charge is 2.24. The molecule has 1 fully saturated rings. The third-order valence-corrected chi connectivity index (χ3v) is 5.87. The summed E-state index contributed by atoms with van der Waals surface area (Å²) in [7, 11) is 0. The van der Waals surface area contributed by atoms with Gasteiger partial charge in [0.25, 0.3) is 0 Å². The number of rotatable bonds is 4. The summed E-state index contributed by atoms with van der Waals surface area (Å²) in [4.78, 5) is 7.43. The van der Waals surface area contributed by atoms with E-state index in [-0.39, 0.29) is 0 Å². The lowest BCUT2D eigenvalue weighted by Crippen LogP contribution is -2.20.